The average Bonchev–Trinajstić information content (AvgIpc) is 2.69. The maximum absolute atomic E-state index is 11.4. The van der Waals surface area contributed by atoms with Gasteiger partial charge in [-0.15, -0.1) is 11.3 Å². The molecule has 74 valence electrons. The van der Waals surface area contributed by atoms with Crippen LogP contribution in [0.1, 0.15) is 18.7 Å². The van der Waals surface area contributed by atoms with Crippen molar-refractivity contribution in [3.63, 3.8) is 0 Å². The van der Waals surface area contributed by atoms with Crippen molar-refractivity contribution in [2.24, 2.45) is 5.41 Å². The minimum absolute atomic E-state index is 0.152. The van der Waals surface area contributed by atoms with Crippen molar-refractivity contribution in [3.8, 4) is 0 Å². The van der Waals surface area contributed by atoms with Crippen molar-refractivity contribution in [3.05, 3.63) is 28.0 Å². The topological polar surface area (TPSA) is 26.3 Å². The van der Waals surface area contributed by atoms with Crippen LogP contribution in [0.4, 0.5) is 0 Å². The maximum Gasteiger partial charge on any atom is 0.334 e. The molecule has 14 heavy (non-hydrogen) atoms. The molecule has 0 aliphatic carbocycles. The van der Waals surface area contributed by atoms with Crippen LogP contribution in [0.25, 0.3) is 6.08 Å². The first kappa shape index (κ1) is 9.46. The fourth-order valence-electron chi connectivity index (χ4n) is 1.45. The first-order valence-corrected chi connectivity index (χ1v) is 5.40. The van der Waals surface area contributed by atoms with Gasteiger partial charge in [-0.1, -0.05) is 19.9 Å². The van der Waals surface area contributed by atoms with E-state index in [1.807, 2.05) is 37.4 Å². The van der Waals surface area contributed by atoms with E-state index in [1.54, 1.807) is 11.3 Å². The highest BCUT2D eigenvalue weighted by molar-refractivity contribution is 7.10. The number of hydrogen-bond donors (Lipinski definition) is 0. The van der Waals surface area contributed by atoms with Crippen LogP contribution < -0.4 is 0 Å². The molecule has 1 aromatic rings. The summed E-state index contributed by atoms with van der Waals surface area (Å²) >= 11 is 1.63. The first-order valence-electron chi connectivity index (χ1n) is 4.52. The summed E-state index contributed by atoms with van der Waals surface area (Å²) in [6.07, 6.45) is 1.93. The summed E-state index contributed by atoms with van der Waals surface area (Å²) in [6.45, 7) is 4.54. The van der Waals surface area contributed by atoms with Gasteiger partial charge >= 0.3 is 5.97 Å². The molecule has 0 saturated carbocycles. The predicted octanol–water partition coefficient (Wildman–Crippen LogP) is 2.71. The van der Waals surface area contributed by atoms with Crippen molar-refractivity contribution in [1.82, 2.24) is 0 Å². The van der Waals surface area contributed by atoms with Crippen LogP contribution in [0.2, 0.25) is 0 Å². The molecule has 0 radical (unpaired) electrons. The largest absolute Gasteiger partial charge is 0.461 e. The second kappa shape index (κ2) is 3.24. The monoisotopic (exact) mass is 208 g/mol. The lowest BCUT2D eigenvalue weighted by molar-refractivity contribution is -0.135. The average molecular weight is 208 g/mol. The van der Waals surface area contributed by atoms with Crippen molar-refractivity contribution < 1.29 is 9.53 Å². The zero-order valence-electron chi connectivity index (χ0n) is 8.24. The molecule has 1 saturated heterocycles. The van der Waals surface area contributed by atoms with E-state index in [4.69, 9.17) is 4.74 Å². The van der Waals surface area contributed by atoms with Crippen LogP contribution in [0.5, 0.6) is 0 Å². The number of hydrogen-bond acceptors (Lipinski definition) is 3. The van der Waals surface area contributed by atoms with E-state index in [2.05, 4.69) is 0 Å². The minimum atomic E-state index is -0.177. The molecule has 0 atom stereocenters. The lowest BCUT2D eigenvalue weighted by Gasteiger charge is -2.13. The van der Waals surface area contributed by atoms with E-state index in [9.17, 15) is 4.79 Å². The van der Waals surface area contributed by atoms with Gasteiger partial charge in [0.15, 0.2) is 0 Å². The fraction of sp³-hybridized carbons (Fsp3) is 0.364. The third-order valence-corrected chi connectivity index (χ3v) is 3.16. The van der Waals surface area contributed by atoms with Crippen molar-refractivity contribution in [1.29, 1.82) is 0 Å². The Morgan fingerprint density at radius 2 is 2.36 bits per heavy atom. The van der Waals surface area contributed by atoms with Gasteiger partial charge in [-0.2, -0.15) is 0 Å². The molecular formula is C11H12O2S. The number of ether oxygens (including phenoxy) is 1. The normalized spacial score (nSPS) is 22.7. The van der Waals surface area contributed by atoms with Crippen LogP contribution in [0, 0.1) is 5.41 Å². The highest BCUT2D eigenvalue weighted by Crippen LogP contribution is 2.35. The SMILES string of the molecule is CC1(C)COC(=O)/C1=C/c1cccs1. The van der Waals surface area contributed by atoms with Crippen molar-refractivity contribution >= 4 is 23.4 Å². The summed E-state index contributed by atoms with van der Waals surface area (Å²) in [7, 11) is 0. The van der Waals surface area contributed by atoms with Gasteiger partial charge in [-0.3, -0.25) is 0 Å². The van der Waals surface area contributed by atoms with E-state index in [1.165, 1.54) is 0 Å². The molecule has 1 aromatic heterocycles. The maximum atomic E-state index is 11.4. The molecule has 2 heterocycles. The second-order valence-corrected chi connectivity index (χ2v) is 5.01. The molecule has 2 nitrogen and oxygen atoms in total. The zero-order chi connectivity index (χ0) is 10.2. The van der Waals surface area contributed by atoms with Crippen molar-refractivity contribution in [2.45, 2.75) is 13.8 Å². The van der Waals surface area contributed by atoms with Gasteiger partial charge in [0.2, 0.25) is 0 Å². The summed E-state index contributed by atoms with van der Waals surface area (Å²) in [6, 6.07) is 3.98. The third-order valence-electron chi connectivity index (χ3n) is 2.34. The van der Waals surface area contributed by atoms with Gasteiger partial charge in [0.05, 0.1) is 0 Å². The Morgan fingerprint density at radius 1 is 1.57 bits per heavy atom. The van der Waals surface area contributed by atoms with Crippen LogP contribution >= 0.6 is 11.3 Å². The van der Waals surface area contributed by atoms with E-state index in [-0.39, 0.29) is 11.4 Å². The summed E-state index contributed by atoms with van der Waals surface area (Å²) in [4.78, 5) is 12.5. The predicted molar refractivity (Wildman–Crippen MR) is 57.0 cm³/mol. The summed E-state index contributed by atoms with van der Waals surface area (Å²) in [5.74, 6) is -0.177. The highest BCUT2D eigenvalue weighted by Gasteiger charge is 2.37. The Balaban J connectivity index is 2.37. The quantitative estimate of drug-likeness (QED) is 0.524. The number of esters is 1. The lowest BCUT2D eigenvalue weighted by atomic mass is 9.87. The fourth-order valence-corrected chi connectivity index (χ4v) is 2.11. The Morgan fingerprint density at radius 3 is 2.86 bits per heavy atom. The smallest absolute Gasteiger partial charge is 0.334 e. The highest BCUT2D eigenvalue weighted by atomic mass is 32.1. The number of carbonyl (C=O) groups excluding carboxylic acids is 1. The van der Waals surface area contributed by atoms with E-state index in [0.717, 1.165) is 10.5 Å². The van der Waals surface area contributed by atoms with Crippen LogP contribution in [0.15, 0.2) is 23.1 Å². The Bertz CT molecular complexity index is 374. The van der Waals surface area contributed by atoms with Crippen LogP contribution in [0.3, 0.4) is 0 Å². The molecule has 1 aliphatic heterocycles. The van der Waals surface area contributed by atoms with Gasteiger partial charge in [0.25, 0.3) is 0 Å². The minimum Gasteiger partial charge on any atom is -0.461 e. The molecule has 0 N–H and O–H groups in total. The van der Waals surface area contributed by atoms with Gasteiger partial charge in [0.1, 0.15) is 6.61 Å². The Kier molecular flexibility index (Phi) is 2.19. The number of carbonyl (C=O) groups is 1. The first-order chi connectivity index (χ1) is 6.59. The zero-order valence-corrected chi connectivity index (χ0v) is 9.06. The van der Waals surface area contributed by atoms with Crippen LogP contribution in [-0.2, 0) is 9.53 Å². The van der Waals surface area contributed by atoms with E-state index >= 15 is 0 Å². The molecule has 0 unspecified atom stereocenters. The molecule has 0 bridgehead atoms. The molecule has 0 spiro atoms. The van der Waals surface area contributed by atoms with Gasteiger partial charge in [-0.25, -0.2) is 4.79 Å². The number of thiophene rings is 1. The molecule has 1 fully saturated rings. The standard InChI is InChI=1S/C11H12O2S/c1-11(2)7-13-10(12)9(11)6-8-4-3-5-14-8/h3-6H,7H2,1-2H3/b9-6-. The third kappa shape index (κ3) is 1.60. The summed E-state index contributed by atoms with van der Waals surface area (Å²) in [5.41, 5.74) is 0.626. The van der Waals surface area contributed by atoms with Crippen molar-refractivity contribution in [2.75, 3.05) is 6.61 Å². The van der Waals surface area contributed by atoms with Gasteiger partial charge < -0.3 is 4.74 Å². The molecule has 3 heteroatoms. The Labute approximate surface area is 87.2 Å². The Hall–Kier alpha value is -1.09. The second-order valence-electron chi connectivity index (χ2n) is 4.03. The molecule has 1 aliphatic rings. The van der Waals surface area contributed by atoms with Gasteiger partial charge in [-0.05, 0) is 17.5 Å². The van der Waals surface area contributed by atoms with Crippen LogP contribution in [-0.4, -0.2) is 12.6 Å². The lowest BCUT2D eigenvalue weighted by Crippen LogP contribution is -2.13. The number of rotatable bonds is 1. The summed E-state index contributed by atoms with van der Waals surface area (Å²) in [5, 5.41) is 2.00. The molecular weight excluding hydrogens is 196 g/mol. The van der Waals surface area contributed by atoms with Gasteiger partial charge in [0, 0.05) is 15.9 Å². The summed E-state index contributed by atoms with van der Waals surface area (Å²) < 4.78 is 5.03. The van der Waals surface area contributed by atoms with E-state index < -0.39 is 0 Å². The van der Waals surface area contributed by atoms with E-state index in [0.29, 0.717) is 6.61 Å². The molecule has 0 aromatic carbocycles. The molecule has 2 rings (SSSR count). The number of cyclic esters (lactones) is 1. The molecule has 0 amide bonds.